The summed E-state index contributed by atoms with van der Waals surface area (Å²) in [5.74, 6) is -2.24. The molecule has 8 nitrogen and oxygen atoms in total. The van der Waals surface area contributed by atoms with Crippen LogP contribution in [-0.4, -0.2) is 55.8 Å². The number of nitrogen functional groups attached to an aromatic ring is 1. The summed E-state index contributed by atoms with van der Waals surface area (Å²) in [4.78, 5) is 24.8. The first-order valence-corrected chi connectivity index (χ1v) is 13.8. The van der Waals surface area contributed by atoms with E-state index < -0.39 is 11.8 Å². The van der Waals surface area contributed by atoms with Crippen LogP contribution in [0, 0.1) is 24.7 Å². The Bertz CT molecular complexity index is 1670. The van der Waals surface area contributed by atoms with Gasteiger partial charge in [-0.1, -0.05) is 12.1 Å². The molecule has 7 rings (SSSR count). The second-order valence-corrected chi connectivity index (χ2v) is 12.2. The number of nitrogens with zero attached hydrogens (tertiary/aromatic N) is 6. The highest BCUT2D eigenvalue weighted by Crippen LogP contribution is 2.59. The van der Waals surface area contributed by atoms with Gasteiger partial charge in [0.2, 0.25) is 0 Å². The lowest BCUT2D eigenvalue weighted by Gasteiger charge is -2.39. The van der Waals surface area contributed by atoms with Crippen LogP contribution in [0.2, 0.25) is 0 Å². The second kappa shape index (κ2) is 8.55. The summed E-state index contributed by atoms with van der Waals surface area (Å²) in [6.45, 7) is 3.00. The molecule has 0 bridgehead atoms. The van der Waals surface area contributed by atoms with Gasteiger partial charge in [-0.3, -0.25) is 4.79 Å². The van der Waals surface area contributed by atoms with Crippen molar-refractivity contribution in [2.75, 3.05) is 26.4 Å². The molecule has 3 aromatic heterocycles. The third-order valence-corrected chi connectivity index (χ3v) is 9.35. The number of fused-ring (bicyclic) bond motifs is 3. The normalized spacial score (nSPS) is 27.6. The van der Waals surface area contributed by atoms with Crippen molar-refractivity contribution in [3.8, 4) is 11.3 Å². The van der Waals surface area contributed by atoms with E-state index in [1.165, 1.54) is 6.33 Å². The number of benzene rings is 1. The van der Waals surface area contributed by atoms with Gasteiger partial charge in [0, 0.05) is 42.1 Å². The Hall–Kier alpha value is -3.40. The summed E-state index contributed by atoms with van der Waals surface area (Å²) in [5.41, 5.74) is 9.28. The van der Waals surface area contributed by atoms with Crippen molar-refractivity contribution < 1.29 is 8.78 Å². The number of rotatable bonds is 5. The summed E-state index contributed by atoms with van der Waals surface area (Å²) >= 11 is 0. The van der Waals surface area contributed by atoms with Crippen molar-refractivity contribution in [1.29, 1.82) is 0 Å². The zero-order valence-corrected chi connectivity index (χ0v) is 22.4. The topological polar surface area (TPSA) is 94.9 Å². The fourth-order valence-electron chi connectivity index (χ4n) is 7.38. The third kappa shape index (κ3) is 3.78. The van der Waals surface area contributed by atoms with Crippen LogP contribution < -0.4 is 11.3 Å². The SMILES string of the molecule is Cc1cn([C@H]2C[C@@H]3CC(F)(F)[C@@H]3C2)c(=O)c2cc(-c3nn(C4CC(CN(C)C)C4)c4ncnc(N)c34)ccc12. The molecule has 0 spiro atoms. The van der Waals surface area contributed by atoms with Gasteiger partial charge in [0.1, 0.15) is 17.8 Å². The molecule has 0 radical (unpaired) electrons. The maximum absolute atomic E-state index is 14.1. The molecule has 4 aromatic rings. The van der Waals surface area contributed by atoms with Gasteiger partial charge in [-0.05, 0) is 75.6 Å². The van der Waals surface area contributed by atoms with Gasteiger partial charge in [0.15, 0.2) is 5.65 Å². The van der Waals surface area contributed by atoms with E-state index in [4.69, 9.17) is 10.8 Å². The van der Waals surface area contributed by atoms with Gasteiger partial charge < -0.3 is 15.2 Å². The van der Waals surface area contributed by atoms with E-state index in [-0.39, 0.29) is 30.0 Å². The molecule has 3 saturated carbocycles. The van der Waals surface area contributed by atoms with Crippen LogP contribution in [0.15, 0.2) is 35.5 Å². The molecule has 3 heterocycles. The third-order valence-electron chi connectivity index (χ3n) is 9.35. The molecule has 3 aliphatic carbocycles. The number of pyridine rings is 1. The van der Waals surface area contributed by atoms with Crippen LogP contribution in [0.5, 0.6) is 0 Å². The highest BCUT2D eigenvalue weighted by atomic mass is 19.3. The van der Waals surface area contributed by atoms with Crippen molar-refractivity contribution in [3.63, 3.8) is 0 Å². The van der Waals surface area contributed by atoms with Gasteiger partial charge in [-0.25, -0.2) is 23.4 Å². The van der Waals surface area contributed by atoms with Gasteiger partial charge in [-0.15, -0.1) is 0 Å². The number of aryl methyl sites for hydroxylation is 1. The van der Waals surface area contributed by atoms with Gasteiger partial charge in [0.05, 0.1) is 11.4 Å². The molecule has 0 amide bonds. The largest absolute Gasteiger partial charge is 0.383 e. The average Bonchev–Trinajstić information content (AvgIpc) is 3.43. The van der Waals surface area contributed by atoms with Gasteiger partial charge in [0.25, 0.3) is 11.5 Å². The number of aromatic nitrogens is 5. The Morgan fingerprint density at radius 3 is 2.62 bits per heavy atom. The average molecular weight is 534 g/mol. The zero-order chi connectivity index (χ0) is 27.2. The number of hydrogen-bond donors (Lipinski definition) is 1. The Morgan fingerprint density at radius 2 is 1.90 bits per heavy atom. The van der Waals surface area contributed by atoms with Crippen molar-refractivity contribution in [2.24, 2.45) is 17.8 Å². The Kier molecular flexibility index (Phi) is 5.40. The molecule has 204 valence electrons. The smallest absolute Gasteiger partial charge is 0.258 e. The molecule has 1 aromatic carbocycles. The quantitative estimate of drug-likeness (QED) is 0.395. The molecule has 3 fully saturated rings. The van der Waals surface area contributed by atoms with Crippen LogP contribution in [-0.2, 0) is 0 Å². The summed E-state index contributed by atoms with van der Waals surface area (Å²) in [6, 6.07) is 5.80. The fraction of sp³-hybridized carbons (Fsp3) is 0.517. The molecule has 2 N–H and O–H groups in total. The Morgan fingerprint density at radius 1 is 1.10 bits per heavy atom. The van der Waals surface area contributed by atoms with Crippen molar-refractivity contribution >= 4 is 27.6 Å². The van der Waals surface area contributed by atoms with E-state index in [1.54, 1.807) is 4.57 Å². The molecular formula is C29H33F2N7O. The molecule has 3 atom stereocenters. The number of halogens is 2. The first-order chi connectivity index (χ1) is 18.6. The molecule has 0 aliphatic heterocycles. The van der Waals surface area contributed by atoms with Crippen molar-refractivity contribution in [2.45, 2.75) is 57.0 Å². The number of alkyl halides is 2. The minimum absolute atomic E-state index is 0.00127. The fourth-order valence-corrected chi connectivity index (χ4v) is 7.38. The molecule has 3 aliphatic rings. The monoisotopic (exact) mass is 533 g/mol. The number of nitrogens with two attached hydrogens (primary N) is 1. The summed E-state index contributed by atoms with van der Waals surface area (Å²) < 4.78 is 31.8. The van der Waals surface area contributed by atoms with Gasteiger partial charge >= 0.3 is 0 Å². The number of anilines is 1. The zero-order valence-electron chi connectivity index (χ0n) is 22.4. The van der Waals surface area contributed by atoms with E-state index in [9.17, 15) is 13.6 Å². The maximum Gasteiger partial charge on any atom is 0.258 e. The first-order valence-electron chi connectivity index (χ1n) is 13.8. The van der Waals surface area contributed by atoms with Crippen molar-refractivity contribution in [3.05, 3.63) is 46.6 Å². The number of hydrogen-bond acceptors (Lipinski definition) is 6. The highest BCUT2D eigenvalue weighted by molar-refractivity contribution is 6.00. The van der Waals surface area contributed by atoms with Crippen LogP contribution in [0.1, 0.15) is 49.8 Å². The van der Waals surface area contributed by atoms with E-state index in [1.807, 2.05) is 36.0 Å². The van der Waals surface area contributed by atoms with Gasteiger partial charge in [-0.2, -0.15) is 5.10 Å². The van der Waals surface area contributed by atoms with E-state index in [0.29, 0.717) is 46.7 Å². The van der Waals surface area contributed by atoms with Crippen LogP contribution in [0.3, 0.4) is 0 Å². The molecule has 10 heteroatoms. The maximum atomic E-state index is 14.1. The Balaban J connectivity index is 1.30. The van der Waals surface area contributed by atoms with E-state index >= 15 is 0 Å². The standard InChI is InChI=1S/C29H33F2N7O/c1-15-12-37(19-8-18-11-29(30,31)23(18)10-19)28(39)22-9-17(4-5-21(15)22)25-24-26(32)33-14-34-27(24)38(35-25)20-6-16(7-20)13-36(2)3/h4-5,9,12,14,16,18-20,23H,6-8,10-11,13H2,1-3H3,(H2,32,33,34)/t16?,18-,19+,20?,23-/m1/s1. The summed E-state index contributed by atoms with van der Waals surface area (Å²) in [6.07, 6.45) is 6.26. The summed E-state index contributed by atoms with van der Waals surface area (Å²) in [7, 11) is 4.18. The predicted molar refractivity (Wildman–Crippen MR) is 147 cm³/mol. The lowest BCUT2D eigenvalue weighted by molar-refractivity contribution is -0.160. The predicted octanol–water partition coefficient (Wildman–Crippen LogP) is 4.82. The van der Waals surface area contributed by atoms with Crippen molar-refractivity contribution in [1.82, 2.24) is 29.2 Å². The minimum Gasteiger partial charge on any atom is -0.383 e. The van der Waals surface area contributed by atoms with E-state index in [0.717, 1.165) is 35.9 Å². The van der Waals surface area contributed by atoms with E-state index in [2.05, 4.69) is 29.0 Å². The molecule has 0 unspecified atom stereocenters. The van der Waals surface area contributed by atoms with Crippen LogP contribution in [0.25, 0.3) is 33.1 Å². The Labute approximate surface area is 224 Å². The minimum atomic E-state index is -2.60. The molecule has 0 saturated heterocycles. The second-order valence-electron chi connectivity index (χ2n) is 12.2. The lowest BCUT2D eigenvalue weighted by Crippen LogP contribution is -2.43. The van der Waals surface area contributed by atoms with Crippen LogP contribution in [0.4, 0.5) is 14.6 Å². The highest BCUT2D eigenvalue weighted by Gasteiger charge is 2.60. The molecule has 39 heavy (non-hydrogen) atoms. The first kappa shape index (κ1) is 24.6. The summed E-state index contributed by atoms with van der Waals surface area (Å²) in [5, 5.41) is 7.09. The molecular weight excluding hydrogens is 500 g/mol. The van der Waals surface area contributed by atoms with Crippen LogP contribution >= 0.6 is 0 Å². The lowest BCUT2D eigenvalue weighted by atomic mass is 9.72.